The molecule has 0 heterocycles. The summed E-state index contributed by atoms with van der Waals surface area (Å²) in [6.07, 6.45) is 4.92. The number of nitrogens with two attached hydrogens (primary N) is 1. The van der Waals surface area contributed by atoms with E-state index in [0.717, 1.165) is 0 Å². The molecule has 0 unspecified atom stereocenters. The van der Waals surface area contributed by atoms with Gasteiger partial charge in [0.25, 0.3) is 0 Å². The molecule has 100 valence electrons. The van der Waals surface area contributed by atoms with Crippen molar-refractivity contribution in [2.24, 2.45) is 11.1 Å². The summed E-state index contributed by atoms with van der Waals surface area (Å²) in [5.41, 5.74) is 5.84. The van der Waals surface area contributed by atoms with Crippen molar-refractivity contribution in [2.45, 2.75) is 45.6 Å². The lowest BCUT2D eigenvalue weighted by molar-refractivity contribution is -0.122. The fraction of sp³-hybridized carbons (Fsp3) is 0.923. The normalized spacial score (nSPS) is 20.5. The van der Waals surface area contributed by atoms with E-state index in [0.29, 0.717) is 31.1 Å². The van der Waals surface area contributed by atoms with Crippen molar-refractivity contribution in [2.75, 3.05) is 26.7 Å². The van der Waals surface area contributed by atoms with Crippen LogP contribution in [0.1, 0.15) is 39.5 Å². The van der Waals surface area contributed by atoms with Gasteiger partial charge in [0.1, 0.15) is 0 Å². The third-order valence-corrected chi connectivity index (χ3v) is 3.79. The van der Waals surface area contributed by atoms with Gasteiger partial charge in [0, 0.05) is 19.1 Å². The highest BCUT2D eigenvalue weighted by Gasteiger charge is 2.29. The van der Waals surface area contributed by atoms with Crippen LogP contribution in [0.2, 0.25) is 0 Å². The Kier molecular flexibility index (Phi) is 5.40. The second kappa shape index (κ2) is 6.36. The maximum Gasteiger partial charge on any atom is 0.234 e. The minimum atomic E-state index is 0.0859. The lowest BCUT2D eigenvalue weighted by Gasteiger charge is -2.38. The highest BCUT2D eigenvalue weighted by Crippen LogP contribution is 2.36. The first-order valence-electron chi connectivity index (χ1n) is 6.61. The van der Waals surface area contributed by atoms with Gasteiger partial charge in [0.2, 0.25) is 5.91 Å². The molecule has 0 aliphatic heterocycles. The number of nitrogens with zero attached hydrogens (tertiary/aromatic N) is 1. The van der Waals surface area contributed by atoms with Crippen LogP contribution in [0.5, 0.6) is 0 Å². The van der Waals surface area contributed by atoms with Crippen molar-refractivity contribution in [1.29, 1.82) is 0 Å². The van der Waals surface area contributed by atoms with Crippen LogP contribution in [0.3, 0.4) is 0 Å². The standard InChI is InChI=1S/C13H27N3O/c1-13(2)6-4-11(5-7-13)16(3)10-12(17)15-9-8-14/h11H,4-10,14H2,1-3H3,(H,15,17). The predicted molar refractivity (Wildman–Crippen MR) is 70.7 cm³/mol. The maximum absolute atomic E-state index is 11.6. The first-order valence-corrected chi connectivity index (χ1v) is 6.61. The molecule has 0 aromatic heterocycles. The molecule has 1 aliphatic rings. The molecule has 1 fully saturated rings. The summed E-state index contributed by atoms with van der Waals surface area (Å²) in [5, 5.41) is 2.81. The molecular formula is C13H27N3O. The van der Waals surface area contributed by atoms with Gasteiger partial charge in [-0.15, -0.1) is 0 Å². The van der Waals surface area contributed by atoms with Crippen molar-refractivity contribution in [3.8, 4) is 0 Å². The molecule has 0 atom stereocenters. The van der Waals surface area contributed by atoms with Gasteiger partial charge in [-0.1, -0.05) is 13.8 Å². The molecule has 4 heteroatoms. The highest BCUT2D eigenvalue weighted by molar-refractivity contribution is 5.77. The molecule has 1 aliphatic carbocycles. The number of carbonyl (C=O) groups is 1. The summed E-state index contributed by atoms with van der Waals surface area (Å²) in [5.74, 6) is 0.0859. The van der Waals surface area contributed by atoms with Crippen LogP contribution in [-0.2, 0) is 4.79 Å². The zero-order valence-corrected chi connectivity index (χ0v) is 11.5. The summed E-state index contributed by atoms with van der Waals surface area (Å²) >= 11 is 0. The van der Waals surface area contributed by atoms with E-state index < -0.39 is 0 Å². The first-order chi connectivity index (χ1) is 7.94. The summed E-state index contributed by atoms with van der Waals surface area (Å²) in [4.78, 5) is 13.8. The largest absolute Gasteiger partial charge is 0.354 e. The molecule has 1 saturated carbocycles. The topological polar surface area (TPSA) is 58.4 Å². The summed E-state index contributed by atoms with van der Waals surface area (Å²) in [6.45, 7) is 6.23. The molecule has 17 heavy (non-hydrogen) atoms. The average Bonchev–Trinajstić information content (AvgIpc) is 2.26. The van der Waals surface area contributed by atoms with Crippen LogP contribution in [-0.4, -0.2) is 43.5 Å². The van der Waals surface area contributed by atoms with Crippen LogP contribution < -0.4 is 11.1 Å². The van der Waals surface area contributed by atoms with Crippen LogP contribution in [0.4, 0.5) is 0 Å². The molecule has 0 radical (unpaired) electrons. The molecule has 4 nitrogen and oxygen atoms in total. The highest BCUT2D eigenvalue weighted by atomic mass is 16.2. The second-order valence-corrected chi connectivity index (χ2v) is 5.95. The molecule has 1 amide bonds. The number of rotatable bonds is 5. The fourth-order valence-electron chi connectivity index (χ4n) is 2.45. The Morgan fingerprint density at radius 1 is 1.41 bits per heavy atom. The van der Waals surface area contributed by atoms with Crippen molar-refractivity contribution in [3.63, 3.8) is 0 Å². The Morgan fingerprint density at radius 3 is 2.53 bits per heavy atom. The second-order valence-electron chi connectivity index (χ2n) is 5.95. The lowest BCUT2D eigenvalue weighted by atomic mass is 9.75. The predicted octanol–water partition coefficient (Wildman–Crippen LogP) is 0.962. The molecule has 1 rings (SSSR count). The van der Waals surface area contributed by atoms with E-state index in [-0.39, 0.29) is 5.91 Å². The van der Waals surface area contributed by atoms with E-state index in [2.05, 4.69) is 24.1 Å². The Morgan fingerprint density at radius 2 is 2.00 bits per heavy atom. The molecule has 0 bridgehead atoms. The summed E-state index contributed by atoms with van der Waals surface area (Å²) < 4.78 is 0. The number of carbonyl (C=O) groups excluding carboxylic acids is 1. The SMILES string of the molecule is CN(CC(=O)NCCN)C1CCC(C)(C)CC1. The van der Waals surface area contributed by atoms with Crippen molar-refractivity contribution < 1.29 is 4.79 Å². The average molecular weight is 241 g/mol. The van der Waals surface area contributed by atoms with Gasteiger partial charge < -0.3 is 11.1 Å². The van der Waals surface area contributed by atoms with Crippen molar-refractivity contribution >= 4 is 5.91 Å². The van der Waals surface area contributed by atoms with Crippen molar-refractivity contribution in [1.82, 2.24) is 10.2 Å². The number of hydrogen-bond acceptors (Lipinski definition) is 3. The molecule has 0 spiro atoms. The smallest absolute Gasteiger partial charge is 0.234 e. The number of hydrogen-bond donors (Lipinski definition) is 2. The van der Waals surface area contributed by atoms with Crippen LogP contribution >= 0.6 is 0 Å². The fourth-order valence-corrected chi connectivity index (χ4v) is 2.45. The van der Waals surface area contributed by atoms with Crippen LogP contribution in [0, 0.1) is 5.41 Å². The van der Waals surface area contributed by atoms with Gasteiger partial charge in [-0.25, -0.2) is 0 Å². The molecule has 0 saturated heterocycles. The number of nitrogens with one attached hydrogen (secondary N) is 1. The molecule has 3 N–H and O–H groups in total. The van der Waals surface area contributed by atoms with Crippen molar-refractivity contribution in [3.05, 3.63) is 0 Å². The zero-order valence-electron chi connectivity index (χ0n) is 11.5. The Labute approximate surface area is 105 Å². The lowest BCUT2D eigenvalue weighted by Crippen LogP contribution is -2.43. The van der Waals surface area contributed by atoms with E-state index in [9.17, 15) is 4.79 Å². The van der Waals surface area contributed by atoms with E-state index in [1.54, 1.807) is 0 Å². The van der Waals surface area contributed by atoms with Gasteiger partial charge >= 0.3 is 0 Å². The van der Waals surface area contributed by atoms with Gasteiger partial charge in [-0.3, -0.25) is 9.69 Å². The first kappa shape index (κ1) is 14.5. The Bertz CT molecular complexity index is 243. The van der Waals surface area contributed by atoms with E-state index in [1.165, 1.54) is 25.7 Å². The van der Waals surface area contributed by atoms with Gasteiger partial charge in [-0.2, -0.15) is 0 Å². The van der Waals surface area contributed by atoms with Gasteiger partial charge in [0.15, 0.2) is 0 Å². The Hall–Kier alpha value is -0.610. The van der Waals surface area contributed by atoms with Gasteiger partial charge in [0.05, 0.1) is 6.54 Å². The summed E-state index contributed by atoms with van der Waals surface area (Å²) in [7, 11) is 2.05. The minimum absolute atomic E-state index is 0.0859. The Balaban J connectivity index is 2.29. The minimum Gasteiger partial charge on any atom is -0.354 e. The zero-order chi connectivity index (χ0) is 12.9. The maximum atomic E-state index is 11.6. The van der Waals surface area contributed by atoms with E-state index >= 15 is 0 Å². The van der Waals surface area contributed by atoms with Crippen LogP contribution in [0.15, 0.2) is 0 Å². The monoisotopic (exact) mass is 241 g/mol. The van der Waals surface area contributed by atoms with E-state index in [4.69, 9.17) is 5.73 Å². The number of likely N-dealkylation sites (N-methyl/N-ethyl adjacent to an activating group) is 1. The molecular weight excluding hydrogens is 214 g/mol. The number of amides is 1. The van der Waals surface area contributed by atoms with E-state index in [1.807, 2.05) is 7.05 Å². The molecule has 0 aromatic rings. The van der Waals surface area contributed by atoms with Crippen LogP contribution in [0.25, 0.3) is 0 Å². The molecule has 0 aromatic carbocycles. The summed E-state index contributed by atoms with van der Waals surface area (Å²) in [6, 6.07) is 0.562. The quantitative estimate of drug-likeness (QED) is 0.754. The third-order valence-electron chi connectivity index (χ3n) is 3.79. The van der Waals surface area contributed by atoms with Gasteiger partial charge in [-0.05, 0) is 38.1 Å². The third kappa shape index (κ3) is 5.04.